The van der Waals surface area contributed by atoms with E-state index in [1.165, 1.54) is 0 Å². The molecule has 1 atom stereocenters. The summed E-state index contributed by atoms with van der Waals surface area (Å²) >= 11 is 0. The molecule has 4 heteroatoms. The summed E-state index contributed by atoms with van der Waals surface area (Å²) in [7, 11) is 0. The van der Waals surface area contributed by atoms with E-state index in [9.17, 15) is 4.79 Å². The van der Waals surface area contributed by atoms with Crippen molar-refractivity contribution in [3.05, 3.63) is 35.9 Å². The van der Waals surface area contributed by atoms with Gasteiger partial charge in [0.05, 0.1) is 18.7 Å². The lowest BCUT2D eigenvalue weighted by Gasteiger charge is -2.46. The number of urea groups is 1. The molecule has 21 heavy (non-hydrogen) atoms. The maximum Gasteiger partial charge on any atom is 0.320 e. The van der Waals surface area contributed by atoms with E-state index < -0.39 is 0 Å². The molecule has 1 heterocycles. The molecule has 4 nitrogen and oxygen atoms in total. The zero-order chi connectivity index (χ0) is 15.5. The van der Waals surface area contributed by atoms with E-state index in [-0.39, 0.29) is 17.7 Å². The largest absolute Gasteiger partial charge is 0.369 e. The molecule has 0 aromatic heterocycles. The van der Waals surface area contributed by atoms with Crippen LogP contribution in [-0.4, -0.2) is 47.6 Å². The first-order chi connectivity index (χ1) is 9.99. The zero-order valence-corrected chi connectivity index (χ0v) is 13.5. The molecule has 1 fully saturated rings. The Labute approximate surface area is 127 Å². The van der Waals surface area contributed by atoms with Crippen molar-refractivity contribution in [2.75, 3.05) is 26.2 Å². The number of ether oxygens (including phenoxy) is 1. The van der Waals surface area contributed by atoms with Gasteiger partial charge in [0.15, 0.2) is 0 Å². The third-order valence-corrected chi connectivity index (χ3v) is 4.15. The van der Waals surface area contributed by atoms with Gasteiger partial charge >= 0.3 is 6.03 Å². The molecule has 2 amide bonds. The maximum atomic E-state index is 12.7. The van der Waals surface area contributed by atoms with Gasteiger partial charge in [0.25, 0.3) is 0 Å². The van der Waals surface area contributed by atoms with Gasteiger partial charge in [0.1, 0.15) is 6.10 Å². The summed E-state index contributed by atoms with van der Waals surface area (Å²) in [6, 6.07) is 10.2. The van der Waals surface area contributed by atoms with Gasteiger partial charge in [-0.25, -0.2) is 4.79 Å². The molecule has 1 aliphatic heterocycles. The lowest BCUT2D eigenvalue weighted by atomic mass is 9.98. The van der Waals surface area contributed by atoms with Crippen LogP contribution in [0.4, 0.5) is 4.79 Å². The number of carbonyl (C=O) groups is 1. The van der Waals surface area contributed by atoms with E-state index in [0.717, 1.165) is 18.7 Å². The average Bonchev–Trinajstić information content (AvgIpc) is 2.49. The third kappa shape index (κ3) is 3.38. The lowest BCUT2D eigenvalue weighted by Crippen LogP contribution is -2.59. The maximum absolute atomic E-state index is 12.7. The Kier molecular flexibility index (Phi) is 4.88. The smallest absolute Gasteiger partial charge is 0.320 e. The molecule has 1 aromatic carbocycles. The lowest BCUT2D eigenvalue weighted by molar-refractivity contribution is -0.0848. The Morgan fingerprint density at radius 3 is 2.48 bits per heavy atom. The van der Waals surface area contributed by atoms with Crippen LogP contribution in [0.5, 0.6) is 0 Å². The average molecular weight is 290 g/mol. The van der Waals surface area contributed by atoms with Gasteiger partial charge in [0, 0.05) is 13.1 Å². The molecule has 0 bridgehead atoms. The van der Waals surface area contributed by atoms with E-state index in [0.29, 0.717) is 13.2 Å². The van der Waals surface area contributed by atoms with Gasteiger partial charge in [-0.15, -0.1) is 0 Å². The molecule has 0 spiro atoms. The molecule has 2 rings (SSSR count). The van der Waals surface area contributed by atoms with Crippen molar-refractivity contribution >= 4 is 6.03 Å². The van der Waals surface area contributed by atoms with Crippen molar-refractivity contribution in [3.63, 3.8) is 0 Å². The van der Waals surface area contributed by atoms with Crippen molar-refractivity contribution < 1.29 is 9.53 Å². The van der Waals surface area contributed by atoms with Gasteiger partial charge < -0.3 is 14.5 Å². The predicted octanol–water partition coefficient (Wildman–Crippen LogP) is 3.30. The third-order valence-electron chi connectivity index (χ3n) is 4.15. The number of morpholine rings is 1. The van der Waals surface area contributed by atoms with Crippen LogP contribution in [0.1, 0.15) is 39.4 Å². The number of rotatable bonds is 3. The SMILES string of the molecule is CCN(CC)C(=O)N1CC(c2ccccc2)OCC1(C)C. The second kappa shape index (κ2) is 6.48. The number of amides is 2. The minimum Gasteiger partial charge on any atom is -0.369 e. The summed E-state index contributed by atoms with van der Waals surface area (Å²) in [5.74, 6) is 0. The van der Waals surface area contributed by atoms with Crippen LogP contribution >= 0.6 is 0 Å². The number of benzene rings is 1. The van der Waals surface area contributed by atoms with Gasteiger partial charge in [-0.1, -0.05) is 30.3 Å². The van der Waals surface area contributed by atoms with Crippen molar-refractivity contribution in [2.24, 2.45) is 0 Å². The highest BCUT2D eigenvalue weighted by Crippen LogP contribution is 2.31. The second-order valence-corrected chi connectivity index (χ2v) is 6.09. The zero-order valence-electron chi connectivity index (χ0n) is 13.5. The number of carbonyl (C=O) groups excluding carboxylic acids is 1. The Morgan fingerprint density at radius 1 is 1.29 bits per heavy atom. The Hall–Kier alpha value is -1.55. The number of nitrogens with zero attached hydrogens (tertiary/aromatic N) is 2. The van der Waals surface area contributed by atoms with Crippen molar-refractivity contribution in [3.8, 4) is 0 Å². The van der Waals surface area contributed by atoms with Gasteiger partial charge in [0.2, 0.25) is 0 Å². The van der Waals surface area contributed by atoms with Crippen LogP contribution in [0.25, 0.3) is 0 Å². The normalized spacial score (nSPS) is 21.1. The first-order valence-corrected chi connectivity index (χ1v) is 7.72. The number of hydrogen-bond donors (Lipinski definition) is 0. The molecule has 0 saturated carbocycles. The number of hydrogen-bond acceptors (Lipinski definition) is 2. The first kappa shape index (κ1) is 15.8. The predicted molar refractivity (Wildman–Crippen MR) is 84.2 cm³/mol. The van der Waals surface area contributed by atoms with E-state index in [2.05, 4.69) is 26.0 Å². The Balaban J connectivity index is 2.19. The summed E-state index contributed by atoms with van der Waals surface area (Å²) in [4.78, 5) is 16.6. The van der Waals surface area contributed by atoms with E-state index >= 15 is 0 Å². The molecule has 0 N–H and O–H groups in total. The van der Waals surface area contributed by atoms with Crippen LogP contribution < -0.4 is 0 Å². The minimum absolute atomic E-state index is 0.0428. The molecule has 116 valence electrons. The first-order valence-electron chi connectivity index (χ1n) is 7.72. The van der Waals surface area contributed by atoms with Crippen LogP contribution in [0.2, 0.25) is 0 Å². The van der Waals surface area contributed by atoms with Crippen molar-refractivity contribution in [2.45, 2.75) is 39.3 Å². The van der Waals surface area contributed by atoms with Crippen LogP contribution in [-0.2, 0) is 4.74 Å². The summed E-state index contributed by atoms with van der Waals surface area (Å²) in [5.41, 5.74) is 0.857. The Bertz CT molecular complexity index is 469. The second-order valence-electron chi connectivity index (χ2n) is 6.09. The van der Waals surface area contributed by atoms with E-state index in [4.69, 9.17) is 4.74 Å². The van der Waals surface area contributed by atoms with E-state index in [1.807, 2.05) is 41.8 Å². The van der Waals surface area contributed by atoms with Crippen LogP contribution in [0.3, 0.4) is 0 Å². The van der Waals surface area contributed by atoms with Gasteiger partial charge in [-0.2, -0.15) is 0 Å². The highest BCUT2D eigenvalue weighted by atomic mass is 16.5. The summed E-state index contributed by atoms with van der Waals surface area (Å²) in [6.45, 7) is 10.8. The monoisotopic (exact) mass is 290 g/mol. The minimum atomic E-state index is -0.273. The molecule has 0 aliphatic carbocycles. The van der Waals surface area contributed by atoms with Crippen molar-refractivity contribution in [1.82, 2.24) is 9.80 Å². The quantitative estimate of drug-likeness (QED) is 0.855. The Morgan fingerprint density at radius 2 is 1.90 bits per heavy atom. The van der Waals surface area contributed by atoms with Crippen LogP contribution in [0.15, 0.2) is 30.3 Å². The summed E-state index contributed by atoms with van der Waals surface area (Å²) < 4.78 is 5.99. The highest BCUT2D eigenvalue weighted by molar-refractivity contribution is 5.75. The molecular formula is C17H26N2O2. The summed E-state index contributed by atoms with van der Waals surface area (Å²) in [5, 5.41) is 0. The fourth-order valence-corrected chi connectivity index (χ4v) is 2.72. The van der Waals surface area contributed by atoms with Gasteiger partial charge in [-0.05, 0) is 33.3 Å². The molecule has 0 radical (unpaired) electrons. The topological polar surface area (TPSA) is 32.8 Å². The van der Waals surface area contributed by atoms with Crippen molar-refractivity contribution in [1.29, 1.82) is 0 Å². The van der Waals surface area contributed by atoms with Gasteiger partial charge in [-0.3, -0.25) is 0 Å². The molecule has 1 saturated heterocycles. The summed E-state index contributed by atoms with van der Waals surface area (Å²) in [6.07, 6.45) is -0.0428. The van der Waals surface area contributed by atoms with E-state index in [1.54, 1.807) is 0 Å². The molecule has 1 aromatic rings. The fourth-order valence-electron chi connectivity index (χ4n) is 2.72. The molecule has 1 aliphatic rings. The standard InChI is InChI=1S/C17H26N2O2/c1-5-18(6-2)16(20)19-12-15(21-13-17(19,3)4)14-10-8-7-9-11-14/h7-11,15H,5-6,12-13H2,1-4H3. The van der Waals surface area contributed by atoms with Crippen LogP contribution in [0, 0.1) is 0 Å². The molecular weight excluding hydrogens is 264 g/mol. The fraction of sp³-hybridized carbons (Fsp3) is 0.588. The molecule has 1 unspecified atom stereocenters. The highest BCUT2D eigenvalue weighted by Gasteiger charge is 2.39.